The molecule has 0 heterocycles. The van der Waals surface area contributed by atoms with Gasteiger partial charge in [-0.15, -0.1) is 0 Å². The summed E-state index contributed by atoms with van der Waals surface area (Å²) in [6.07, 6.45) is 0.679. The Morgan fingerprint density at radius 3 is 2.42 bits per heavy atom. The molecule has 1 aromatic rings. The van der Waals surface area contributed by atoms with Crippen LogP contribution in [-0.4, -0.2) is 9.82 Å². The molecule has 1 aromatic carbocycles. The summed E-state index contributed by atoms with van der Waals surface area (Å²) in [4.78, 5) is 18.5. The second kappa shape index (κ2) is 4.14. The fourth-order valence-corrected chi connectivity index (χ4v) is 1.50. The predicted octanol–water partition coefficient (Wildman–Crippen LogP) is 1.15. The van der Waals surface area contributed by atoms with Crippen molar-refractivity contribution in [1.82, 2.24) is 0 Å². The fourth-order valence-electron chi connectivity index (χ4n) is 0.913. The van der Waals surface area contributed by atoms with E-state index in [1.165, 1.54) is 12.1 Å². The molecule has 0 radical (unpaired) electrons. The Kier molecular flexibility index (Phi) is 3.14. The van der Waals surface area contributed by atoms with Crippen LogP contribution in [0.15, 0.2) is 24.3 Å². The molecule has 0 spiro atoms. The van der Waals surface area contributed by atoms with Gasteiger partial charge in [-0.25, -0.2) is 0 Å². The third-order valence-electron chi connectivity index (χ3n) is 1.55. The summed E-state index contributed by atoms with van der Waals surface area (Å²) in [5, 5.41) is 10.2. The molecule has 1 N–H and O–H groups in total. The predicted molar refractivity (Wildman–Crippen MR) is 50.1 cm³/mol. The molecule has 66 valence electrons. The molecule has 0 aliphatic heterocycles. The first kappa shape index (κ1) is 9.10. The molecule has 12 heavy (non-hydrogen) atoms. The fraction of sp³-hybridized carbons (Fsp3) is 0.143. The van der Waals surface area contributed by atoms with Crippen molar-refractivity contribution in [3.05, 3.63) is 39.9 Å². The summed E-state index contributed by atoms with van der Waals surface area (Å²) >= 11 is 0. The number of hydrogen-bond acceptors (Lipinski definition) is 3. The van der Waals surface area contributed by atoms with E-state index in [9.17, 15) is 10.1 Å². The van der Waals surface area contributed by atoms with Crippen LogP contribution in [0.2, 0.25) is 0 Å². The van der Waals surface area contributed by atoms with Crippen molar-refractivity contribution in [2.75, 3.05) is 0 Å². The van der Waals surface area contributed by atoms with Crippen molar-refractivity contribution >= 4 is 14.5 Å². The van der Waals surface area contributed by atoms with Crippen LogP contribution in [0.5, 0.6) is 0 Å². The van der Waals surface area contributed by atoms with Gasteiger partial charge in [0.25, 0.3) is 0 Å². The van der Waals surface area contributed by atoms with E-state index >= 15 is 0 Å². The van der Waals surface area contributed by atoms with Gasteiger partial charge in [0.2, 0.25) is 0 Å². The van der Waals surface area contributed by atoms with Crippen LogP contribution >= 0.6 is 8.81 Å². The molecule has 0 aliphatic carbocycles. The van der Waals surface area contributed by atoms with Gasteiger partial charge in [-0.3, -0.25) is 0 Å². The van der Waals surface area contributed by atoms with Crippen molar-refractivity contribution in [1.29, 1.82) is 0 Å². The zero-order valence-corrected chi connectivity index (χ0v) is 7.85. The van der Waals surface area contributed by atoms with E-state index in [-0.39, 0.29) is 5.69 Å². The molecule has 4 nitrogen and oxygen atoms in total. The van der Waals surface area contributed by atoms with E-state index in [0.29, 0.717) is 6.16 Å². The first-order chi connectivity index (χ1) is 5.74. The molecular weight excluding hydrogens is 177 g/mol. The summed E-state index contributed by atoms with van der Waals surface area (Å²) in [5.74, 6) is 0. The molecule has 0 saturated heterocycles. The number of nitrogens with zero attached hydrogens (tertiary/aromatic N) is 1. The molecule has 0 aromatic heterocycles. The summed E-state index contributed by atoms with van der Waals surface area (Å²) in [6, 6.07) is 6.28. The van der Waals surface area contributed by atoms with Crippen LogP contribution in [0, 0.1) is 10.1 Å². The van der Waals surface area contributed by atoms with Crippen LogP contribution < -0.4 is 0 Å². The molecular formula is C7H10NO3P. The Balaban J connectivity index is 2.78. The van der Waals surface area contributed by atoms with Gasteiger partial charge >= 0.3 is 70.4 Å². The maximum absolute atomic E-state index is 10.2. The van der Waals surface area contributed by atoms with Gasteiger partial charge in [-0.05, 0) is 0 Å². The second-order valence-electron chi connectivity index (χ2n) is 2.40. The van der Waals surface area contributed by atoms with Crippen molar-refractivity contribution in [2.24, 2.45) is 0 Å². The molecule has 0 fully saturated rings. The molecule has 1 rings (SSSR count). The molecule has 0 bridgehead atoms. The van der Waals surface area contributed by atoms with Gasteiger partial charge in [0.15, 0.2) is 0 Å². The third-order valence-corrected chi connectivity index (χ3v) is 2.35. The Morgan fingerprint density at radius 2 is 2.00 bits per heavy atom. The molecule has 0 unspecified atom stereocenters. The van der Waals surface area contributed by atoms with Crippen molar-refractivity contribution in [3.63, 3.8) is 0 Å². The molecule has 0 amide bonds. The van der Waals surface area contributed by atoms with Crippen LogP contribution in [0.3, 0.4) is 0 Å². The molecule has 0 aliphatic rings. The molecule has 0 saturated carbocycles. The Hall–Kier alpha value is -0.990. The second-order valence-corrected chi connectivity index (χ2v) is 3.34. The SMILES string of the molecule is O=[N+]([O-])c1ccc(C[PH3]O)cc1. The first-order valence-corrected chi connectivity index (χ1v) is 5.21. The van der Waals surface area contributed by atoms with Gasteiger partial charge in [0.05, 0.1) is 0 Å². The van der Waals surface area contributed by atoms with Crippen LogP contribution in [0.25, 0.3) is 0 Å². The monoisotopic (exact) mass is 187 g/mol. The number of rotatable bonds is 3. The maximum atomic E-state index is 10.2. The van der Waals surface area contributed by atoms with Gasteiger partial charge in [-0.2, -0.15) is 0 Å². The molecule has 0 atom stereocenters. The topological polar surface area (TPSA) is 63.4 Å². The van der Waals surface area contributed by atoms with Crippen molar-refractivity contribution < 1.29 is 9.82 Å². The average Bonchev–Trinajstić information content (AvgIpc) is 2.06. The Labute approximate surface area is 71.2 Å². The van der Waals surface area contributed by atoms with E-state index in [4.69, 9.17) is 4.89 Å². The quantitative estimate of drug-likeness (QED) is 0.438. The third kappa shape index (κ3) is 2.26. The van der Waals surface area contributed by atoms with E-state index < -0.39 is 13.7 Å². The number of non-ortho nitro benzene ring substituents is 1. The number of hydrogen-bond donors (Lipinski definition) is 1. The summed E-state index contributed by atoms with van der Waals surface area (Å²) in [5.41, 5.74) is 1.06. The summed E-state index contributed by atoms with van der Waals surface area (Å²) in [7, 11) is -0.986. The summed E-state index contributed by atoms with van der Waals surface area (Å²) in [6.45, 7) is 0. The van der Waals surface area contributed by atoms with Crippen molar-refractivity contribution in [3.8, 4) is 0 Å². The average molecular weight is 187 g/mol. The zero-order chi connectivity index (χ0) is 8.97. The van der Waals surface area contributed by atoms with Crippen molar-refractivity contribution in [2.45, 2.75) is 6.16 Å². The number of benzene rings is 1. The number of nitro benzene ring substituents is 1. The van der Waals surface area contributed by atoms with Crippen LogP contribution in [0.1, 0.15) is 5.56 Å². The van der Waals surface area contributed by atoms with E-state index in [1.807, 2.05) is 0 Å². The first-order valence-electron chi connectivity index (χ1n) is 3.58. The van der Waals surface area contributed by atoms with Crippen LogP contribution in [0.4, 0.5) is 5.69 Å². The zero-order valence-electron chi connectivity index (χ0n) is 6.43. The molecule has 5 heteroatoms. The van der Waals surface area contributed by atoms with E-state index in [2.05, 4.69) is 0 Å². The summed E-state index contributed by atoms with van der Waals surface area (Å²) < 4.78 is 0. The van der Waals surface area contributed by atoms with E-state index in [1.54, 1.807) is 12.1 Å². The van der Waals surface area contributed by atoms with Gasteiger partial charge in [-0.1, -0.05) is 0 Å². The van der Waals surface area contributed by atoms with Gasteiger partial charge in [0.1, 0.15) is 0 Å². The minimum atomic E-state index is -0.986. The van der Waals surface area contributed by atoms with Crippen LogP contribution in [-0.2, 0) is 6.16 Å². The Morgan fingerprint density at radius 1 is 1.42 bits per heavy atom. The number of nitro groups is 1. The Bertz CT molecular complexity index is 272. The normalized spacial score (nSPS) is 10.1. The van der Waals surface area contributed by atoms with Gasteiger partial charge < -0.3 is 0 Å². The van der Waals surface area contributed by atoms with E-state index in [0.717, 1.165) is 5.56 Å². The van der Waals surface area contributed by atoms with Gasteiger partial charge in [0, 0.05) is 0 Å². The standard InChI is InChI=1S/C7H10NO3P/c9-8(10)7-3-1-6(2-4-7)5-12-11/h1-4,11H,5H2,12H3. The minimum absolute atomic E-state index is 0.0957.